The SMILES string of the molecule is CN=C(NCC(C)N1CCc2ccccc2C1)N1CCN(C(=O)C2CCCO2)CC1.I. The molecule has 4 rings (SSSR count). The molecule has 7 nitrogen and oxygen atoms in total. The van der Waals surface area contributed by atoms with Gasteiger partial charge in [0.2, 0.25) is 0 Å². The van der Waals surface area contributed by atoms with E-state index in [0.717, 1.165) is 71.0 Å². The minimum atomic E-state index is -0.218. The second-order valence-corrected chi connectivity index (χ2v) is 8.58. The van der Waals surface area contributed by atoms with E-state index in [9.17, 15) is 4.79 Å². The van der Waals surface area contributed by atoms with E-state index in [1.54, 1.807) is 0 Å². The van der Waals surface area contributed by atoms with Crippen LogP contribution in [0.15, 0.2) is 29.3 Å². The summed E-state index contributed by atoms with van der Waals surface area (Å²) in [6, 6.07) is 9.20. The molecular formula is C23H36IN5O2. The molecule has 0 aromatic heterocycles. The molecular weight excluding hydrogens is 505 g/mol. The fraction of sp³-hybridized carbons (Fsp3) is 0.652. The van der Waals surface area contributed by atoms with E-state index in [0.29, 0.717) is 12.6 Å². The van der Waals surface area contributed by atoms with Crippen LogP contribution in [0.5, 0.6) is 0 Å². The number of hydrogen-bond donors (Lipinski definition) is 1. The maximum atomic E-state index is 12.6. The Labute approximate surface area is 203 Å². The van der Waals surface area contributed by atoms with E-state index >= 15 is 0 Å². The number of rotatable bonds is 4. The van der Waals surface area contributed by atoms with Gasteiger partial charge in [-0.2, -0.15) is 0 Å². The molecule has 3 aliphatic rings. The van der Waals surface area contributed by atoms with Crippen molar-refractivity contribution in [3.63, 3.8) is 0 Å². The van der Waals surface area contributed by atoms with E-state index in [4.69, 9.17) is 4.74 Å². The van der Waals surface area contributed by atoms with Crippen LogP contribution in [0.25, 0.3) is 0 Å². The summed E-state index contributed by atoms with van der Waals surface area (Å²) in [6.45, 7) is 9.07. The molecule has 0 spiro atoms. The van der Waals surface area contributed by atoms with Crippen molar-refractivity contribution in [2.75, 3.05) is 52.9 Å². The van der Waals surface area contributed by atoms with E-state index < -0.39 is 0 Å². The Morgan fingerprint density at radius 2 is 1.87 bits per heavy atom. The minimum absolute atomic E-state index is 0. The van der Waals surface area contributed by atoms with Crippen molar-refractivity contribution < 1.29 is 9.53 Å². The highest BCUT2D eigenvalue weighted by molar-refractivity contribution is 14.0. The van der Waals surface area contributed by atoms with Gasteiger partial charge in [0, 0.05) is 65.5 Å². The molecule has 2 atom stereocenters. The fourth-order valence-electron chi connectivity index (χ4n) is 4.71. The first-order valence-electron chi connectivity index (χ1n) is 11.3. The summed E-state index contributed by atoms with van der Waals surface area (Å²) < 4.78 is 5.56. The third-order valence-corrected chi connectivity index (χ3v) is 6.65. The lowest BCUT2D eigenvalue weighted by molar-refractivity contribution is -0.142. The molecule has 31 heavy (non-hydrogen) atoms. The molecule has 1 amide bonds. The summed E-state index contributed by atoms with van der Waals surface area (Å²) in [5.41, 5.74) is 2.94. The van der Waals surface area contributed by atoms with Gasteiger partial charge in [0.05, 0.1) is 0 Å². The van der Waals surface area contributed by atoms with Crippen LogP contribution in [0.2, 0.25) is 0 Å². The van der Waals surface area contributed by atoms with Gasteiger partial charge in [0.1, 0.15) is 6.10 Å². The number of halogens is 1. The van der Waals surface area contributed by atoms with Gasteiger partial charge in [-0.25, -0.2) is 0 Å². The average Bonchev–Trinajstić information content (AvgIpc) is 3.34. The molecule has 0 radical (unpaired) electrons. The Morgan fingerprint density at radius 1 is 1.16 bits per heavy atom. The lowest BCUT2D eigenvalue weighted by Gasteiger charge is -2.38. The molecule has 0 aliphatic carbocycles. The lowest BCUT2D eigenvalue weighted by Crippen LogP contribution is -2.56. The number of benzene rings is 1. The summed E-state index contributed by atoms with van der Waals surface area (Å²) >= 11 is 0. The molecule has 1 N–H and O–H groups in total. The number of hydrogen-bond acceptors (Lipinski definition) is 4. The van der Waals surface area contributed by atoms with Crippen LogP contribution in [-0.2, 0) is 22.5 Å². The molecule has 1 aromatic carbocycles. The van der Waals surface area contributed by atoms with Crippen LogP contribution in [0, 0.1) is 0 Å². The van der Waals surface area contributed by atoms with Crippen LogP contribution in [0.4, 0.5) is 0 Å². The smallest absolute Gasteiger partial charge is 0.251 e. The van der Waals surface area contributed by atoms with E-state index in [-0.39, 0.29) is 36.0 Å². The first-order valence-corrected chi connectivity index (χ1v) is 11.3. The monoisotopic (exact) mass is 541 g/mol. The third-order valence-electron chi connectivity index (χ3n) is 6.65. The Balaban J connectivity index is 0.00000272. The second kappa shape index (κ2) is 11.5. The molecule has 0 bridgehead atoms. The number of amides is 1. The van der Waals surface area contributed by atoms with Crippen molar-refractivity contribution in [3.8, 4) is 0 Å². The standard InChI is InChI=1S/C23H35N5O2.HI/c1-18(28-10-9-19-6-3-4-7-20(19)17-28)16-25-23(24-2)27-13-11-26(12-14-27)22(29)21-8-5-15-30-21;/h3-4,6-7,18,21H,5,8-17H2,1-2H3,(H,24,25);1H. The van der Waals surface area contributed by atoms with Crippen LogP contribution >= 0.6 is 24.0 Å². The number of nitrogens with zero attached hydrogens (tertiary/aromatic N) is 4. The average molecular weight is 541 g/mol. The molecule has 172 valence electrons. The molecule has 2 unspecified atom stereocenters. The van der Waals surface area contributed by atoms with Gasteiger partial charge in [0.15, 0.2) is 5.96 Å². The van der Waals surface area contributed by atoms with Gasteiger partial charge in [-0.1, -0.05) is 24.3 Å². The van der Waals surface area contributed by atoms with Crippen molar-refractivity contribution in [1.29, 1.82) is 0 Å². The van der Waals surface area contributed by atoms with Crippen LogP contribution in [0.3, 0.4) is 0 Å². The highest BCUT2D eigenvalue weighted by Crippen LogP contribution is 2.20. The second-order valence-electron chi connectivity index (χ2n) is 8.58. The summed E-state index contributed by atoms with van der Waals surface area (Å²) in [5, 5.41) is 3.57. The van der Waals surface area contributed by atoms with Gasteiger partial charge in [-0.15, -0.1) is 24.0 Å². The predicted octanol–water partition coefficient (Wildman–Crippen LogP) is 1.95. The molecule has 3 heterocycles. The Hall–Kier alpha value is -1.39. The Kier molecular flexibility index (Phi) is 8.97. The third kappa shape index (κ3) is 5.90. The molecule has 1 aromatic rings. The van der Waals surface area contributed by atoms with Crippen LogP contribution in [0.1, 0.15) is 30.9 Å². The number of fused-ring (bicyclic) bond motifs is 1. The number of piperazine rings is 1. The highest BCUT2D eigenvalue weighted by Gasteiger charge is 2.31. The van der Waals surface area contributed by atoms with Gasteiger partial charge in [-0.3, -0.25) is 14.7 Å². The van der Waals surface area contributed by atoms with Gasteiger partial charge in [-0.05, 0) is 37.3 Å². The van der Waals surface area contributed by atoms with E-state index in [1.165, 1.54) is 11.1 Å². The zero-order chi connectivity index (χ0) is 20.9. The number of carbonyl (C=O) groups excluding carboxylic acids is 1. The van der Waals surface area contributed by atoms with Gasteiger partial charge in [0.25, 0.3) is 5.91 Å². The van der Waals surface area contributed by atoms with Crippen molar-refractivity contribution in [2.24, 2.45) is 4.99 Å². The predicted molar refractivity (Wildman–Crippen MR) is 134 cm³/mol. The van der Waals surface area contributed by atoms with Crippen molar-refractivity contribution in [3.05, 3.63) is 35.4 Å². The number of ether oxygens (including phenoxy) is 1. The number of aliphatic imine (C=N–C) groups is 1. The van der Waals surface area contributed by atoms with Crippen molar-refractivity contribution in [1.82, 2.24) is 20.0 Å². The van der Waals surface area contributed by atoms with E-state index in [1.807, 2.05) is 11.9 Å². The zero-order valence-corrected chi connectivity index (χ0v) is 21.1. The molecule has 8 heteroatoms. The maximum Gasteiger partial charge on any atom is 0.251 e. The van der Waals surface area contributed by atoms with Crippen LogP contribution < -0.4 is 5.32 Å². The van der Waals surface area contributed by atoms with Gasteiger partial charge < -0.3 is 19.9 Å². The van der Waals surface area contributed by atoms with Crippen molar-refractivity contribution in [2.45, 2.75) is 44.9 Å². The van der Waals surface area contributed by atoms with Crippen LogP contribution in [-0.4, -0.2) is 91.6 Å². The van der Waals surface area contributed by atoms with Crippen molar-refractivity contribution >= 4 is 35.8 Å². The highest BCUT2D eigenvalue weighted by atomic mass is 127. The van der Waals surface area contributed by atoms with E-state index in [2.05, 4.69) is 51.3 Å². The topological polar surface area (TPSA) is 60.4 Å². The Morgan fingerprint density at radius 3 is 2.55 bits per heavy atom. The molecule has 2 fully saturated rings. The summed E-state index contributed by atoms with van der Waals surface area (Å²) in [4.78, 5) is 23.8. The Bertz CT molecular complexity index is 760. The van der Waals surface area contributed by atoms with Gasteiger partial charge >= 0.3 is 0 Å². The largest absolute Gasteiger partial charge is 0.368 e. The summed E-state index contributed by atoms with van der Waals surface area (Å²) in [7, 11) is 1.84. The maximum absolute atomic E-state index is 12.6. The molecule has 2 saturated heterocycles. The summed E-state index contributed by atoms with van der Waals surface area (Å²) in [6.07, 6.45) is 2.76. The number of carbonyl (C=O) groups is 1. The lowest BCUT2D eigenvalue weighted by atomic mass is 9.99. The summed E-state index contributed by atoms with van der Waals surface area (Å²) in [5.74, 6) is 1.09. The zero-order valence-electron chi connectivity index (χ0n) is 18.8. The molecule has 0 saturated carbocycles. The first kappa shape index (κ1) is 24.3. The molecule has 3 aliphatic heterocycles. The fourth-order valence-corrected chi connectivity index (χ4v) is 4.71. The normalized spacial score (nSPS) is 23.2. The first-order chi connectivity index (χ1) is 14.7. The quantitative estimate of drug-likeness (QED) is 0.359. The minimum Gasteiger partial charge on any atom is -0.368 e. The number of guanidine groups is 1. The number of nitrogens with one attached hydrogen (secondary N) is 1.